The van der Waals surface area contributed by atoms with Crippen LogP contribution in [-0.2, 0) is 11.2 Å². The number of benzene rings is 1. The van der Waals surface area contributed by atoms with Crippen LogP contribution in [0, 0.1) is 5.92 Å². The highest BCUT2D eigenvalue weighted by molar-refractivity contribution is 5.27. The van der Waals surface area contributed by atoms with Crippen LogP contribution in [0.15, 0.2) is 24.3 Å². The van der Waals surface area contributed by atoms with Gasteiger partial charge in [-0.05, 0) is 49.8 Å². The lowest BCUT2D eigenvalue weighted by molar-refractivity contribution is 0.109. The van der Waals surface area contributed by atoms with E-state index in [1.165, 1.54) is 18.4 Å². The highest BCUT2D eigenvalue weighted by Gasteiger charge is 2.22. The summed E-state index contributed by atoms with van der Waals surface area (Å²) in [6, 6.07) is 9.12. The van der Waals surface area contributed by atoms with Gasteiger partial charge in [-0.15, -0.1) is 0 Å². The topological polar surface area (TPSA) is 30.5 Å². The normalized spacial score (nSPS) is 16.3. The largest absolute Gasteiger partial charge is 0.497 e. The third kappa shape index (κ3) is 5.21. The molecular formula is C16H25NO2. The second-order valence-electron chi connectivity index (χ2n) is 5.26. The van der Waals surface area contributed by atoms with Gasteiger partial charge in [0.1, 0.15) is 5.75 Å². The van der Waals surface area contributed by atoms with Crippen LogP contribution in [0.25, 0.3) is 0 Å². The molecule has 1 atom stereocenters. The van der Waals surface area contributed by atoms with Gasteiger partial charge < -0.3 is 14.8 Å². The van der Waals surface area contributed by atoms with Crippen LogP contribution in [0.4, 0.5) is 0 Å². The Balaban J connectivity index is 1.84. The summed E-state index contributed by atoms with van der Waals surface area (Å²) in [7, 11) is 1.70. The van der Waals surface area contributed by atoms with Crippen molar-refractivity contribution in [3.63, 3.8) is 0 Å². The molecule has 3 nitrogen and oxygen atoms in total. The maximum absolute atomic E-state index is 5.60. The van der Waals surface area contributed by atoms with Crippen LogP contribution < -0.4 is 10.1 Å². The molecule has 0 amide bonds. The van der Waals surface area contributed by atoms with E-state index in [-0.39, 0.29) is 0 Å². The average molecular weight is 263 g/mol. The van der Waals surface area contributed by atoms with Gasteiger partial charge in [-0.2, -0.15) is 0 Å². The molecule has 0 aromatic heterocycles. The quantitative estimate of drug-likeness (QED) is 0.743. The fraction of sp³-hybridized carbons (Fsp3) is 0.625. The molecule has 1 unspecified atom stereocenters. The van der Waals surface area contributed by atoms with Crippen LogP contribution in [0.2, 0.25) is 0 Å². The van der Waals surface area contributed by atoms with Crippen molar-refractivity contribution in [3.8, 4) is 5.75 Å². The zero-order valence-electron chi connectivity index (χ0n) is 12.0. The first-order chi connectivity index (χ1) is 9.31. The highest BCUT2D eigenvalue weighted by atomic mass is 16.5. The summed E-state index contributed by atoms with van der Waals surface area (Å²) in [5.41, 5.74) is 1.35. The summed E-state index contributed by atoms with van der Waals surface area (Å²) in [6.45, 7) is 4.74. The van der Waals surface area contributed by atoms with Crippen molar-refractivity contribution in [3.05, 3.63) is 29.8 Å². The Morgan fingerprint density at radius 3 is 2.58 bits per heavy atom. The minimum absolute atomic E-state index is 0.550. The molecule has 1 fully saturated rings. The lowest BCUT2D eigenvalue weighted by Gasteiger charge is -2.17. The second-order valence-corrected chi connectivity index (χ2v) is 5.26. The molecule has 1 aliphatic rings. The molecule has 1 saturated carbocycles. The molecule has 0 heterocycles. The van der Waals surface area contributed by atoms with Crippen molar-refractivity contribution < 1.29 is 9.47 Å². The number of hydrogen-bond acceptors (Lipinski definition) is 3. The van der Waals surface area contributed by atoms with E-state index in [0.29, 0.717) is 5.92 Å². The van der Waals surface area contributed by atoms with Gasteiger partial charge >= 0.3 is 0 Å². The fourth-order valence-corrected chi connectivity index (χ4v) is 2.19. The van der Waals surface area contributed by atoms with E-state index in [2.05, 4.69) is 24.4 Å². The SMILES string of the molecule is CCOCC(CNC1CC1)Cc1ccc(OC)cc1. The number of nitrogens with one attached hydrogen (secondary N) is 1. The third-order valence-corrected chi connectivity index (χ3v) is 3.51. The van der Waals surface area contributed by atoms with Gasteiger partial charge in [-0.3, -0.25) is 0 Å². The Kier molecular flexibility index (Phi) is 5.67. The summed E-state index contributed by atoms with van der Waals surface area (Å²) in [5.74, 6) is 1.47. The Morgan fingerprint density at radius 2 is 2.00 bits per heavy atom. The summed E-state index contributed by atoms with van der Waals surface area (Å²) >= 11 is 0. The van der Waals surface area contributed by atoms with Crippen LogP contribution in [-0.4, -0.2) is 32.9 Å². The molecule has 19 heavy (non-hydrogen) atoms. The molecule has 2 rings (SSSR count). The van der Waals surface area contributed by atoms with Gasteiger partial charge in [0.15, 0.2) is 0 Å². The first kappa shape index (κ1) is 14.4. The molecule has 1 aromatic rings. The summed E-state index contributed by atoms with van der Waals surface area (Å²) in [6.07, 6.45) is 3.73. The molecular weight excluding hydrogens is 238 g/mol. The van der Waals surface area contributed by atoms with Gasteiger partial charge in [0.2, 0.25) is 0 Å². The van der Waals surface area contributed by atoms with E-state index in [9.17, 15) is 0 Å². The number of methoxy groups -OCH3 is 1. The molecule has 106 valence electrons. The van der Waals surface area contributed by atoms with Crippen molar-refractivity contribution in [2.45, 2.75) is 32.2 Å². The van der Waals surface area contributed by atoms with Crippen LogP contribution in [0.3, 0.4) is 0 Å². The number of rotatable bonds is 9. The molecule has 0 saturated heterocycles. The first-order valence-corrected chi connectivity index (χ1v) is 7.26. The first-order valence-electron chi connectivity index (χ1n) is 7.26. The molecule has 0 aliphatic heterocycles. The summed E-state index contributed by atoms with van der Waals surface area (Å²) in [4.78, 5) is 0. The van der Waals surface area contributed by atoms with E-state index < -0.39 is 0 Å². The predicted octanol–water partition coefficient (Wildman–Crippen LogP) is 2.64. The van der Waals surface area contributed by atoms with Crippen LogP contribution in [0.5, 0.6) is 5.75 Å². The Hall–Kier alpha value is -1.06. The third-order valence-electron chi connectivity index (χ3n) is 3.51. The van der Waals surface area contributed by atoms with Crippen molar-refractivity contribution in [2.75, 3.05) is 26.9 Å². The summed E-state index contributed by atoms with van der Waals surface area (Å²) in [5, 5.41) is 3.60. The number of ether oxygens (including phenoxy) is 2. The van der Waals surface area contributed by atoms with Crippen LogP contribution in [0.1, 0.15) is 25.3 Å². The van der Waals surface area contributed by atoms with Gasteiger partial charge in [-0.1, -0.05) is 12.1 Å². The molecule has 1 aliphatic carbocycles. The van der Waals surface area contributed by atoms with E-state index >= 15 is 0 Å². The fourth-order valence-electron chi connectivity index (χ4n) is 2.19. The minimum atomic E-state index is 0.550. The van der Waals surface area contributed by atoms with Crippen molar-refractivity contribution >= 4 is 0 Å². The standard InChI is InChI=1S/C16H25NO2/c1-3-19-12-14(11-17-15-6-7-15)10-13-4-8-16(18-2)9-5-13/h4-5,8-9,14-15,17H,3,6-7,10-12H2,1-2H3. The van der Waals surface area contributed by atoms with Crippen molar-refractivity contribution in [1.29, 1.82) is 0 Å². The van der Waals surface area contributed by atoms with E-state index in [0.717, 1.165) is 38.0 Å². The van der Waals surface area contributed by atoms with Gasteiger partial charge in [0.25, 0.3) is 0 Å². The highest BCUT2D eigenvalue weighted by Crippen LogP contribution is 2.20. The minimum Gasteiger partial charge on any atom is -0.497 e. The zero-order valence-corrected chi connectivity index (χ0v) is 12.0. The van der Waals surface area contributed by atoms with E-state index in [1.807, 2.05) is 12.1 Å². The Labute approximate surface area is 116 Å². The smallest absolute Gasteiger partial charge is 0.118 e. The lowest BCUT2D eigenvalue weighted by atomic mass is 10.00. The molecule has 1 aromatic carbocycles. The van der Waals surface area contributed by atoms with Crippen molar-refractivity contribution in [2.24, 2.45) is 5.92 Å². The zero-order chi connectivity index (χ0) is 13.5. The molecule has 0 spiro atoms. The molecule has 1 N–H and O–H groups in total. The average Bonchev–Trinajstić information content (AvgIpc) is 3.27. The molecule has 0 radical (unpaired) electrons. The Bertz CT molecular complexity index is 360. The van der Waals surface area contributed by atoms with Gasteiger partial charge in [0, 0.05) is 19.2 Å². The summed E-state index contributed by atoms with van der Waals surface area (Å²) < 4.78 is 10.8. The van der Waals surface area contributed by atoms with E-state index in [4.69, 9.17) is 9.47 Å². The maximum Gasteiger partial charge on any atom is 0.118 e. The Morgan fingerprint density at radius 1 is 1.26 bits per heavy atom. The van der Waals surface area contributed by atoms with Gasteiger partial charge in [0.05, 0.1) is 13.7 Å². The monoisotopic (exact) mass is 263 g/mol. The maximum atomic E-state index is 5.60. The molecule has 3 heteroatoms. The predicted molar refractivity (Wildman–Crippen MR) is 77.7 cm³/mol. The molecule has 0 bridgehead atoms. The van der Waals surface area contributed by atoms with Gasteiger partial charge in [-0.25, -0.2) is 0 Å². The second kappa shape index (κ2) is 7.51. The van der Waals surface area contributed by atoms with E-state index in [1.54, 1.807) is 7.11 Å². The number of hydrogen-bond donors (Lipinski definition) is 1. The van der Waals surface area contributed by atoms with Crippen molar-refractivity contribution in [1.82, 2.24) is 5.32 Å². The van der Waals surface area contributed by atoms with Crippen LogP contribution >= 0.6 is 0 Å². The lowest BCUT2D eigenvalue weighted by Crippen LogP contribution is -2.29.